The Bertz CT molecular complexity index is 861. The van der Waals surface area contributed by atoms with E-state index >= 15 is 0 Å². The molecule has 0 saturated carbocycles. The zero-order chi connectivity index (χ0) is 23.0. The minimum absolute atomic E-state index is 0.0381. The lowest BCUT2D eigenvalue weighted by Gasteiger charge is -2.24. The number of nitrogens with zero attached hydrogens (tertiary/aromatic N) is 1. The van der Waals surface area contributed by atoms with Crippen LogP contribution in [0.25, 0.3) is 5.57 Å². The first-order valence-electron chi connectivity index (χ1n) is 11.1. The minimum atomic E-state index is 0.0381. The maximum absolute atomic E-state index is 11.3. The van der Waals surface area contributed by atoms with E-state index in [-0.39, 0.29) is 5.92 Å². The van der Waals surface area contributed by atoms with Crippen molar-refractivity contribution in [3.8, 4) is 11.6 Å². The van der Waals surface area contributed by atoms with Crippen molar-refractivity contribution >= 4 is 17.2 Å². The third-order valence-corrected chi connectivity index (χ3v) is 6.02. The Kier molecular flexibility index (Phi) is 9.86. The summed E-state index contributed by atoms with van der Waals surface area (Å²) in [5.74, 6) is 2.59. The van der Waals surface area contributed by atoms with Crippen molar-refractivity contribution in [3.05, 3.63) is 58.4 Å². The van der Waals surface area contributed by atoms with Gasteiger partial charge in [-0.1, -0.05) is 58.7 Å². The number of aryl methyl sites for hydroxylation is 1. The highest BCUT2D eigenvalue weighted by atomic mass is 35.5. The maximum atomic E-state index is 11.3. The first-order valence-corrected chi connectivity index (χ1v) is 11.5. The third-order valence-electron chi connectivity index (χ3n) is 5.79. The average Bonchev–Trinajstić information content (AvgIpc) is 2.76. The number of rotatable bonds is 11. The van der Waals surface area contributed by atoms with Crippen LogP contribution < -0.4 is 4.74 Å². The molecular weight excluding hydrogens is 410 g/mol. The molecule has 0 radical (unpaired) electrons. The topological polar surface area (TPSA) is 51.6 Å². The molecule has 1 unspecified atom stereocenters. The number of benzene rings is 1. The van der Waals surface area contributed by atoms with E-state index in [9.17, 15) is 5.11 Å². The van der Waals surface area contributed by atoms with E-state index in [0.717, 1.165) is 36.0 Å². The smallest absolute Gasteiger partial charge is 0.219 e. The summed E-state index contributed by atoms with van der Waals surface area (Å²) < 4.78 is 11.4. The molecule has 0 amide bonds. The summed E-state index contributed by atoms with van der Waals surface area (Å²) in [6.45, 7) is 11.2. The molecule has 2 rings (SSSR count). The molecule has 1 aromatic heterocycles. The third kappa shape index (κ3) is 7.26. The van der Waals surface area contributed by atoms with Gasteiger partial charge in [-0.3, -0.25) is 0 Å². The van der Waals surface area contributed by atoms with Crippen molar-refractivity contribution in [2.24, 2.45) is 17.8 Å². The van der Waals surface area contributed by atoms with Crippen LogP contribution in [0.1, 0.15) is 58.6 Å². The van der Waals surface area contributed by atoms with E-state index in [2.05, 4.69) is 39.6 Å². The zero-order valence-corrected chi connectivity index (χ0v) is 20.4. The fraction of sp³-hybridized carbons (Fsp3) is 0.500. The molecule has 0 aliphatic rings. The summed E-state index contributed by atoms with van der Waals surface area (Å²) in [4.78, 5) is 4.21. The highest BCUT2D eigenvalue weighted by molar-refractivity contribution is 6.30. The van der Waals surface area contributed by atoms with E-state index < -0.39 is 0 Å². The SMILES string of the molecule is CCc1ccc(Oc2ccc(Cl)cn2)cc1/C(COC)=C(\O)C(C)[C@@H](C)CCC(C)C. The van der Waals surface area contributed by atoms with Gasteiger partial charge in [-0.25, -0.2) is 4.98 Å². The number of allylic oxidation sites excluding steroid dienone is 1. The van der Waals surface area contributed by atoms with Gasteiger partial charge in [0.15, 0.2) is 0 Å². The first-order chi connectivity index (χ1) is 14.8. The van der Waals surface area contributed by atoms with Gasteiger partial charge in [0.2, 0.25) is 5.88 Å². The molecule has 5 heteroatoms. The molecule has 1 N–H and O–H groups in total. The number of hydrogen-bond donors (Lipinski definition) is 1. The quantitative estimate of drug-likeness (QED) is 0.360. The van der Waals surface area contributed by atoms with Gasteiger partial charge in [0.05, 0.1) is 11.6 Å². The molecule has 2 aromatic rings. The second-order valence-electron chi connectivity index (χ2n) is 8.62. The van der Waals surface area contributed by atoms with Crippen LogP contribution in [-0.2, 0) is 11.2 Å². The molecule has 31 heavy (non-hydrogen) atoms. The number of aromatic nitrogens is 1. The van der Waals surface area contributed by atoms with Gasteiger partial charge in [-0.15, -0.1) is 0 Å². The number of methoxy groups -OCH3 is 1. The van der Waals surface area contributed by atoms with Crippen LogP contribution in [-0.4, -0.2) is 23.8 Å². The minimum Gasteiger partial charge on any atom is -0.512 e. The molecule has 4 nitrogen and oxygen atoms in total. The van der Waals surface area contributed by atoms with Crippen LogP contribution >= 0.6 is 11.6 Å². The Labute approximate surface area is 192 Å². The lowest BCUT2D eigenvalue weighted by atomic mass is 9.85. The second kappa shape index (κ2) is 12.1. The van der Waals surface area contributed by atoms with Gasteiger partial charge in [0.1, 0.15) is 11.5 Å². The normalized spacial score (nSPS) is 14.3. The van der Waals surface area contributed by atoms with Crippen LogP contribution in [0.3, 0.4) is 0 Å². The number of hydrogen-bond acceptors (Lipinski definition) is 4. The number of pyridine rings is 1. The van der Waals surface area contributed by atoms with Crippen molar-refractivity contribution in [2.75, 3.05) is 13.7 Å². The van der Waals surface area contributed by atoms with Crippen LogP contribution in [0.2, 0.25) is 5.02 Å². The molecule has 1 aromatic carbocycles. The number of ether oxygens (including phenoxy) is 2. The van der Waals surface area contributed by atoms with Gasteiger partial charge >= 0.3 is 0 Å². The van der Waals surface area contributed by atoms with Gasteiger partial charge in [-0.2, -0.15) is 0 Å². The standard InChI is InChI=1S/C26H36ClNO3/c1-7-20-10-12-22(31-25-13-11-21(27)15-28-25)14-23(20)24(16-30-6)26(29)19(5)18(4)9-8-17(2)3/h10-15,17-19,29H,7-9,16H2,1-6H3/b26-24-/t18-,19?/m0/s1. The average molecular weight is 446 g/mol. The molecule has 0 saturated heterocycles. The van der Waals surface area contributed by atoms with Crippen LogP contribution in [0.5, 0.6) is 11.6 Å². The van der Waals surface area contributed by atoms with E-state index in [1.165, 1.54) is 0 Å². The summed E-state index contributed by atoms with van der Waals surface area (Å²) in [5.41, 5.74) is 2.91. The molecule has 0 aliphatic carbocycles. The lowest BCUT2D eigenvalue weighted by molar-refractivity contribution is 0.227. The summed E-state index contributed by atoms with van der Waals surface area (Å²) in [5, 5.41) is 11.8. The van der Waals surface area contributed by atoms with Crippen molar-refractivity contribution in [1.82, 2.24) is 4.98 Å². The zero-order valence-electron chi connectivity index (χ0n) is 19.6. The molecular formula is C26H36ClNO3. The largest absolute Gasteiger partial charge is 0.512 e. The number of aliphatic hydroxyl groups excluding tert-OH is 1. The predicted molar refractivity (Wildman–Crippen MR) is 129 cm³/mol. The molecule has 0 aliphatic heterocycles. The number of aliphatic hydroxyl groups is 1. The van der Waals surface area contributed by atoms with E-state index in [1.807, 2.05) is 18.2 Å². The molecule has 170 valence electrons. The first kappa shape index (κ1) is 25.2. The highest BCUT2D eigenvalue weighted by Crippen LogP contribution is 2.34. The lowest BCUT2D eigenvalue weighted by Crippen LogP contribution is -2.15. The Hall–Kier alpha value is -2.04. The van der Waals surface area contributed by atoms with Crippen molar-refractivity contribution in [2.45, 2.75) is 53.9 Å². The Morgan fingerprint density at radius 2 is 1.84 bits per heavy atom. The maximum Gasteiger partial charge on any atom is 0.219 e. The molecule has 0 bridgehead atoms. The molecule has 2 atom stereocenters. The fourth-order valence-corrected chi connectivity index (χ4v) is 3.69. The van der Waals surface area contributed by atoms with Crippen LogP contribution in [0, 0.1) is 17.8 Å². The summed E-state index contributed by atoms with van der Waals surface area (Å²) in [7, 11) is 1.66. The van der Waals surface area contributed by atoms with Gasteiger partial charge in [0, 0.05) is 30.9 Å². The van der Waals surface area contributed by atoms with Crippen LogP contribution in [0.4, 0.5) is 0 Å². The monoisotopic (exact) mass is 445 g/mol. The Morgan fingerprint density at radius 3 is 2.42 bits per heavy atom. The number of halogens is 1. The van der Waals surface area contributed by atoms with E-state index in [4.69, 9.17) is 21.1 Å². The van der Waals surface area contributed by atoms with E-state index in [0.29, 0.717) is 40.9 Å². The van der Waals surface area contributed by atoms with Crippen molar-refractivity contribution in [1.29, 1.82) is 0 Å². The van der Waals surface area contributed by atoms with Crippen molar-refractivity contribution < 1.29 is 14.6 Å². The van der Waals surface area contributed by atoms with E-state index in [1.54, 1.807) is 25.4 Å². The molecule has 1 heterocycles. The van der Waals surface area contributed by atoms with Gasteiger partial charge < -0.3 is 14.6 Å². The Morgan fingerprint density at radius 1 is 1.10 bits per heavy atom. The van der Waals surface area contributed by atoms with Gasteiger partial charge in [0.25, 0.3) is 0 Å². The fourth-order valence-electron chi connectivity index (χ4n) is 3.58. The van der Waals surface area contributed by atoms with Crippen LogP contribution in [0.15, 0.2) is 42.3 Å². The second-order valence-corrected chi connectivity index (χ2v) is 9.06. The Balaban J connectivity index is 2.40. The summed E-state index contributed by atoms with van der Waals surface area (Å²) >= 11 is 5.92. The summed E-state index contributed by atoms with van der Waals surface area (Å²) in [6.07, 6.45) is 4.62. The van der Waals surface area contributed by atoms with Crippen molar-refractivity contribution in [3.63, 3.8) is 0 Å². The molecule has 0 fully saturated rings. The molecule has 0 spiro atoms. The highest BCUT2D eigenvalue weighted by Gasteiger charge is 2.22. The summed E-state index contributed by atoms with van der Waals surface area (Å²) in [6, 6.07) is 9.40. The van der Waals surface area contributed by atoms with Gasteiger partial charge in [-0.05, 0) is 54.0 Å². The predicted octanol–water partition coefficient (Wildman–Crippen LogP) is 7.71.